The van der Waals surface area contributed by atoms with Gasteiger partial charge < -0.3 is 20.8 Å². The Morgan fingerprint density at radius 3 is 2.42 bits per heavy atom. The van der Waals surface area contributed by atoms with Crippen LogP contribution in [0.5, 0.6) is 0 Å². The third-order valence-corrected chi connectivity index (χ3v) is 3.51. The molecule has 2 amide bonds. The number of amides is 2. The first kappa shape index (κ1) is 19.7. The maximum atomic E-state index is 12.0. The van der Waals surface area contributed by atoms with E-state index in [2.05, 4.69) is 10.6 Å². The molecule has 1 aromatic carbocycles. The van der Waals surface area contributed by atoms with Crippen LogP contribution in [0.2, 0.25) is 0 Å². The van der Waals surface area contributed by atoms with Crippen LogP contribution in [0, 0.1) is 12.8 Å². The predicted molar refractivity (Wildman–Crippen MR) is 96.5 cm³/mol. The van der Waals surface area contributed by atoms with Gasteiger partial charge in [0.05, 0.1) is 12.3 Å². The van der Waals surface area contributed by atoms with Crippen LogP contribution in [0.3, 0.4) is 0 Å². The quantitative estimate of drug-likeness (QED) is 0.770. The van der Waals surface area contributed by atoms with Crippen LogP contribution in [-0.2, 0) is 4.79 Å². The molecular formula is C17H22ClN3O3. The number of carbonyl (C=O) groups is 2. The van der Waals surface area contributed by atoms with Crippen molar-refractivity contribution in [1.29, 1.82) is 0 Å². The number of carbonyl (C=O) groups excluding carboxylic acids is 2. The molecule has 2 aromatic rings. The van der Waals surface area contributed by atoms with E-state index in [9.17, 15) is 9.59 Å². The van der Waals surface area contributed by atoms with Crippen LogP contribution in [0.1, 0.15) is 30.0 Å². The number of nitrogens with two attached hydrogens (primary N) is 1. The summed E-state index contributed by atoms with van der Waals surface area (Å²) in [6.07, 6.45) is 1.44. The monoisotopic (exact) mass is 351 g/mol. The molecule has 130 valence electrons. The third kappa shape index (κ3) is 4.84. The molecule has 0 spiro atoms. The molecule has 1 heterocycles. The number of benzene rings is 1. The average Bonchev–Trinajstić information content (AvgIpc) is 3.03. The minimum Gasteiger partial charge on any atom is -0.459 e. The van der Waals surface area contributed by atoms with Crippen molar-refractivity contribution in [2.45, 2.75) is 26.8 Å². The number of rotatable bonds is 5. The first-order valence-electron chi connectivity index (χ1n) is 7.40. The van der Waals surface area contributed by atoms with Gasteiger partial charge in [-0.15, -0.1) is 12.4 Å². The summed E-state index contributed by atoms with van der Waals surface area (Å²) in [5, 5.41) is 5.54. The van der Waals surface area contributed by atoms with Crippen molar-refractivity contribution in [3.05, 3.63) is 47.9 Å². The summed E-state index contributed by atoms with van der Waals surface area (Å²) in [6, 6.07) is 7.91. The number of hydrogen-bond acceptors (Lipinski definition) is 4. The van der Waals surface area contributed by atoms with E-state index in [4.69, 9.17) is 10.2 Å². The van der Waals surface area contributed by atoms with Crippen molar-refractivity contribution >= 4 is 35.6 Å². The number of nitrogens with one attached hydrogen (secondary N) is 2. The summed E-state index contributed by atoms with van der Waals surface area (Å²) < 4.78 is 5.05. The van der Waals surface area contributed by atoms with E-state index in [1.165, 1.54) is 6.26 Å². The molecule has 0 aliphatic carbocycles. The van der Waals surface area contributed by atoms with Crippen molar-refractivity contribution in [2.24, 2.45) is 11.7 Å². The zero-order valence-corrected chi connectivity index (χ0v) is 14.6. The number of halogens is 1. The Morgan fingerprint density at radius 2 is 1.88 bits per heavy atom. The molecule has 1 atom stereocenters. The van der Waals surface area contributed by atoms with Gasteiger partial charge in [-0.2, -0.15) is 0 Å². The second kappa shape index (κ2) is 8.52. The highest BCUT2D eigenvalue weighted by Crippen LogP contribution is 2.21. The lowest BCUT2D eigenvalue weighted by atomic mass is 10.0. The largest absolute Gasteiger partial charge is 0.459 e. The van der Waals surface area contributed by atoms with Gasteiger partial charge in [-0.1, -0.05) is 13.8 Å². The SMILES string of the molecule is Cc1cc(NC(=O)[C@@H](N)C(C)C)ccc1NC(=O)c1ccco1.Cl. The molecule has 0 aliphatic rings. The maximum Gasteiger partial charge on any atom is 0.291 e. The Balaban J connectivity index is 0.00000288. The Morgan fingerprint density at radius 1 is 1.17 bits per heavy atom. The minimum absolute atomic E-state index is 0. The van der Waals surface area contributed by atoms with Gasteiger partial charge >= 0.3 is 0 Å². The van der Waals surface area contributed by atoms with E-state index in [-0.39, 0.29) is 35.9 Å². The second-order valence-electron chi connectivity index (χ2n) is 5.72. The fourth-order valence-electron chi connectivity index (χ4n) is 2.00. The Bertz CT molecular complexity index is 699. The molecule has 0 radical (unpaired) electrons. The fourth-order valence-corrected chi connectivity index (χ4v) is 2.00. The molecule has 0 fully saturated rings. The maximum absolute atomic E-state index is 12.0. The van der Waals surface area contributed by atoms with Crippen LogP contribution in [0.25, 0.3) is 0 Å². The lowest BCUT2D eigenvalue weighted by Gasteiger charge is -2.16. The molecule has 0 bridgehead atoms. The molecule has 0 aliphatic heterocycles. The summed E-state index contributed by atoms with van der Waals surface area (Å²) >= 11 is 0. The summed E-state index contributed by atoms with van der Waals surface area (Å²) in [5.74, 6) is -0.254. The highest BCUT2D eigenvalue weighted by Gasteiger charge is 2.17. The van der Waals surface area contributed by atoms with Crippen molar-refractivity contribution in [3.8, 4) is 0 Å². The zero-order chi connectivity index (χ0) is 17.0. The van der Waals surface area contributed by atoms with Crippen molar-refractivity contribution in [2.75, 3.05) is 10.6 Å². The smallest absolute Gasteiger partial charge is 0.291 e. The normalized spacial score (nSPS) is 11.5. The van der Waals surface area contributed by atoms with E-state index in [1.807, 2.05) is 20.8 Å². The predicted octanol–water partition coefficient (Wildman–Crippen LogP) is 3.18. The topological polar surface area (TPSA) is 97.4 Å². The minimum atomic E-state index is -0.561. The highest BCUT2D eigenvalue weighted by atomic mass is 35.5. The Labute approximate surface area is 147 Å². The van der Waals surface area contributed by atoms with Crippen LogP contribution in [-0.4, -0.2) is 17.9 Å². The molecule has 4 N–H and O–H groups in total. The van der Waals surface area contributed by atoms with Gasteiger partial charge in [0, 0.05) is 11.4 Å². The van der Waals surface area contributed by atoms with Crippen LogP contribution in [0.4, 0.5) is 11.4 Å². The van der Waals surface area contributed by atoms with Gasteiger partial charge in [-0.25, -0.2) is 0 Å². The lowest BCUT2D eigenvalue weighted by Crippen LogP contribution is -2.39. The number of aryl methyl sites for hydroxylation is 1. The molecular weight excluding hydrogens is 330 g/mol. The summed E-state index contributed by atoms with van der Waals surface area (Å²) in [6.45, 7) is 5.63. The van der Waals surface area contributed by atoms with Gasteiger partial charge in [-0.05, 0) is 48.7 Å². The van der Waals surface area contributed by atoms with E-state index in [0.29, 0.717) is 11.4 Å². The molecule has 24 heavy (non-hydrogen) atoms. The first-order chi connectivity index (χ1) is 10.9. The van der Waals surface area contributed by atoms with E-state index in [0.717, 1.165) is 5.56 Å². The van der Waals surface area contributed by atoms with Crippen LogP contribution in [0.15, 0.2) is 41.0 Å². The summed E-state index contributed by atoms with van der Waals surface area (Å²) in [5.41, 5.74) is 7.93. The molecule has 7 heteroatoms. The Hall–Kier alpha value is -2.31. The van der Waals surface area contributed by atoms with E-state index in [1.54, 1.807) is 30.3 Å². The summed E-state index contributed by atoms with van der Waals surface area (Å²) in [7, 11) is 0. The van der Waals surface area contributed by atoms with Gasteiger partial charge in [0.15, 0.2) is 5.76 Å². The Kier molecular flexibility index (Phi) is 7.00. The third-order valence-electron chi connectivity index (χ3n) is 3.51. The van der Waals surface area contributed by atoms with Crippen molar-refractivity contribution in [1.82, 2.24) is 0 Å². The van der Waals surface area contributed by atoms with E-state index < -0.39 is 6.04 Å². The molecule has 0 saturated heterocycles. The number of hydrogen-bond donors (Lipinski definition) is 3. The zero-order valence-electron chi connectivity index (χ0n) is 13.8. The van der Waals surface area contributed by atoms with Crippen LogP contribution < -0.4 is 16.4 Å². The van der Waals surface area contributed by atoms with Gasteiger partial charge in [0.25, 0.3) is 5.91 Å². The summed E-state index contributed by atoms with van der Waals surface area (Å²) in [4.78, 5) is 23.9. The number of furan rings is 1. The fraction of sp³-hybridized carbons (Fsp3) is 0.294. The molecule has 6 nitrogen and oxygen atoms in total. The van der Waals surface area contributed by atoms with Gasteiger partial charge in [0.1, 0.15) is 0 Å². The molecule has 0 saturated carbocycles. The standard InChI is InChI=1S/C17H21N3O3.ClH/c1-10(2)15(18)17(22)19-12-6-7-13(11(3)9-12)20-16(21)14-5-4-8-23-14;/h4-10,15H,18H2,1-3H3,(H,19,22)(H,20,21);1H/t15-;/m0./s1. The first-order valence-corrected chi connectivity index (χ1v) is 7.40. The van der Waals surface area contributed by atoms with Gasteiger partial charge in [0.2, 0.25) is 5.91 Å². The van der Waals surface area contributed by atoms with Crippen molar-refractivity contribution in [3.63, 3.8) is 0 Å². The molecule has 2 rings (SSSR count). The van der Waals surface area contributed by atoms with Crippen LogP contribution >= 0.6 is 12.4 Å². The second-order valence-corrected chi connectivity index (χ2v) is 5.72. The van der Waals surface area contributed by atoms with E-state index >= 15 is 0 Å². The molecule has 1 aromatic heterocycles. The molecule has 0 unspecified atom stereocenters. The van der Waals surface area contributed by atoms with Gasteiger partial charge in [-0.3, -0.25) is 9.59 Å². The van der Waals surface area contributed by atoms with Crippen molar-refractivity contribution < 1.29 is 14.0 Å². The average molecular weight is 352 g/mol. The lowest BCUT2D eigenvalue weighted by molar-refractivity contribution is -0.118. The number of anilines is 2. The highest BCUT2D eigenvalue weighted by molar-refractivity contribution is 6.03.